The molecule has 0 radical (unpaired) electrons. The molecule has 1 aromatic heterocycles. The Balaban J connectivity index is 1.58. The highest BCUT2D eigenvalue weighted by molar-refractivity contribution is 6.02. The number of benzene rings is 1. The van der Waals surface area contributed by atoms with Crippen molar-refractivity contribution in [3.8, 4) is 5.75 Å². The van der Waals surface area contributed by atoms with E-state index in [2.05, 4.69) is 10.3 Å². The molecule has 10 heteroatoms. The lowest BCUT2D eigenvalue weighted by atomic mass is 9.97. The van der Waals surface area contributed by atoms with Crippen molar-refractivity contribution in [3.05, 3.63) is 30.0 Å². The summed E-state index contributed by atoms with van der Waals surface area (Å²) in [5.41, 5.74) is 0.582. The van der Waals surface area contributed by atoms with Gasteiger partial charge in [0, 0.05) is 36.2 Å². The number of rotatable bonds is 8. The number of aromatic nitrogens is 1. The molecule has 2 aromatic rings. The highest BCUT2D eigenvalue weighted by Crippen LogP contribution is 2.31. The molecule has 2 heterocycles. The molecular formula is C28H37N3O7. The van der Waals surface area contributed by atoms with E-state index in [1.54, 1.807) is 13.2 Å². The van der Waals surface area contributed by atoms with E-state index in [1.807, 2.05) is 39.0 Å². The van der Waals surface area contributed by atoms with E-state index in [0.29, 0.717) is 24.3 Å². The molecule has 206 valence electrons. The largest absolute Gasteiger partial charge is 0.496 e. The maximum absolute atomic E-state index is 13.7. The number of hydrogen-bond donors (Lipinski definition) is 2. The molecule has 38 heavy (non-hydrogen) atoms. The average molecular weight is 528 g/mol. The minimum Gasteiger partial charge on any atom is -0.496 e. The van der Waals surface area contributed by atoms with Gasteiger partial charge < -0.3 is 29.4 Å². The number of likely N-dealkylation sites (tertiary alicyclic amines) is 1. The predicted octanol–water partition coefficient (Wildman–Crippen LogP) is 2.99. The van der Waals surface area contributed by atoms with Gasteiger partial charge in [0.15, 0.2) is 0 Å². The van der Waals surface area contributed by atoms with Crippen LogP contribution in [0.5, 0.6) is 5.75 Å². The summed E-state index contributed by atoms with van der Waals surface area (Å²) in [7, 11) is 2.82. The second-order valence-corrected chi connectivity index (χ2v) is 11.0. The van der Waals surface area contributed by atoms with Crippen LogP contribution in [-0.4, -0.2) is 78.0 Å². The highest BCUT2D eigenvalue weighted by Gasteiger charge is 2.43. The first-order valence-electron chi connectivity index (χ1n) is 13.1. The van der Waals surface area contributed by atoms with Crippen molar-refractivity contribution in [1.29, 1.82) is 0 Å². The second-order valence-electron chi connectivity index (χ2n) is 11.0. The van der Waals surface area contributed by atoms with Crippen molar-refractivity contribution in [2.75, 3.05) is 20.8 Å². The third-order valence-electron chi connectivity index (χ3n) is 7.17. The van der Waals surface area contributed by atoms with E-state index in [0.717, 1.165) is 17.3 Å². The van der Waals surface area contributed by atoms with Gasteiger partial charge in [-0.15, -0.1) is 0 Å². The number of nitrogens with zero attached hydrogens (tertiary/aromatic N) is 1. The van der Waals surface area contributed by atoms with Crippen LogP contribution < -0.4 is 10.1 Å². The summed E-state index contributed by atoms with van der Waals surface area (Å²) in [6, 6.07) is 5.36. The number of carbonyl (C=O) groups is 4. The normalized spacial score (nSPS) is 22.5. The molecule has 0 spiro atoms. The van der Waals surface area contributed by atoms with Gasteiger partial charge in [-0.25, -0.2) is 4.79 Å². The van der Waals surface area contributed by atoms with Crippen LogP contribution in [0.25, 0.3) is 10.9 Å². The molecule has 2 amide bonds. The molecule has 1 saturated carbocycles. The van der Waals surface area contributed by atoms with Gasteiger partial charge in [-0.2, -0.15) is 0 Å². The lowest BCUT2D eigenvalue weighted by molar-refractivity contribution is -0.146. The third kappa shape index (κ3) is 6.01. The summed E-state index contributed by atoms with van der Waals surface area (Å²) >= 11 is 0. The predicted molar refractivity (Wildman–Crippen MR) is 140 cm³/mol. The first-order valence-corrected chi connectivity index (χ1v) is 13.1. The molecule has 1 aliphatic heterocycles. The van der Waals surface area contributed by atoms with Gasteiger partial charge in [-0.05, 0) is 58.2 Å². The monoisotopic (exact) mass is 527 g/mol. The Bertz CT molecular complexity index is 1210. The van der Waals surface area contributed by atoms with Gasteiger partial charge in [0.2, 0.25) is 5.91 Å². The maximum Gasteiger partial charge on any atom is 0.328 e. The Hall–Kier alpha value is -3.40. The first kappa shape index (κ1) is 27.6. The zero-order chi connectivity index (χ0) is 27.6. The van der Waals surface area contributed by atoms with Gasteiger partial charge in [0.25, 0.3) is 5.91 Å². The quantitative estimate of drug-likeness (QED) is 0.505. The van der Waals surface area contributed by atoms with Crippen molar-refractivity contribution in [1.82, 2.24) is 15.2 Å². The van der Waals surface area contributed by atoms with E-state index in [9.17, 15) is 19.2 Å². The van der Waals surface area contributed by atoms with Gasteiger partial charge in [0.05, 0.1) is 25.9 Å². The second kappa shape index (κ2) is 11.1. The molecule has 2 fully saturated rings. The molecule has 2 aliphatic rings. The topological polar surface area (TPSA) is 127 Å². The van der Waals surface area contributed by atoms with Crippen molar-refractivity contribution in [2.24, 2.45) is 5.92 Å². The van der Waals surface area contributed by atoms with Crippen molar-refractivity contribution < 1.29 is 33.4 Å². The summed E-state index contributed by atoms with van der Waals surface area (Å²) in [5, 5.41) is 3.53. The number of esters is 1. The smallest absolute Gasteiger partial charge is 0.328 e. The lowest BCUT2D eigenvalue weighted by Crippen LogP contribution is -2.51. The SMILES string of the molecule is COC(=O)[C@H](C[C@@H]1CCCC1=O)NC(=O)[C@@H]1C[C@@H](OC(C)(C)C)CN1C(=O)c1cc2c(OC)cccc2[nH]1. The van der Waals surface area contributed by atoms with Crippen molar-refractivity contribution in [2.45, 2.75) is 76.7 Å². The number of fused-ring (bicyclic) bond motifs is 1. The van der Waals surface area contributed by atoms with Crippen LogP contribution in [0.2, 0.25) is 0 Å². The molecule has 4 rings (SSSR count). The van der Waals surface area contributed by atoms with Crippen molar-refractivity contribution >= 4 is 34.5 Å². The highest BCUT2D eigenvalue weighted by atomic mass is 16.5. The average Bonchev–Trinajstić information content (AvgIpc) is 3.59. The molecule has 1 aliphatic carbocycles. The number of Topliss-reactive ketones (excluding diaryl/α,β-unsaturated/α-hetero) is 1. The molecule has 0 unspecified atom stereocenters. The van der Waals surface area contributed by atoms with E-state index in [1.165, 1.54) is 12.0 Å². The fourth-order valence-corrected chi connectivity index (χ4v) is 5.48. The van der Waals surface area contributed by atoms with E-state index < -0.39 is 29.6 Å². The van der Waals surface area contributed by atoms with Crippen LogP contribution in [0.4, 0.5) is 0 Å². The van der Waals surface area contributed by atoms with Crippen LogP contribution in [0.15, 0.2) is 24.3 Å². The van der Waals surface area contributed by atoms with E-state index >= 15 is 0 Å². The number of H-pyrrole nitrogens is 1. The zero-order valence-electron chi connectivity index (χ0n) is 22.7. The summed E-state index contributed by atoms with van der Waals surface area (Å²) in [4.78, 5) is 56.7. The van der Waals surface area contributed by atoms with Gasteiger partial charge >= 0.3 is 5.97 Å². The number of hydrogen-bond acceptors (Lipinski definition) is 7. The Morgan fingerprint density at radius 2 is 1.97 bits per heavy atom. The van der Waals surface area contributed by atoms with Gasteiger partial charge in [-0.1, -0.05) is 6.07 Å². The fraction of sp³-hybridized carbons (Fsp3) is 0.571. The molecule has 10 nitrogen and oxygen atoms in total. The zero-order valence-corrected chi connectivity index (χ0v) is 22.7. The number of amides is 2. The molecule has 0 bridgehead atoms. The molecule has 1 saturated heterocycles. The Morgan fingerprint density at radius 3 is 2.61 bits per heavy atom. The van der Waals surface area contributed by atoms with Crippen LogP contribution in [-0.2, 0) is 23.9 Å². The minimum absolute atomic E-state index is 0.0960. The third-order valence-corrected chi connectivity index (χ3v) is 7.17. The number of ketones is 1. The Labute approximate surface area is 222 Å². The number of aromatic amines is 1. The number of ether oxygens (including phenoxy) is 3. The van der Waals surface area contributed by atoms with Crippen LogP contribution in [0.3, 0.4) is 0 Å². The van der Waals surface area contributed by atoms with Crippen LogP contribution in [0.1, 0.15) is 63.4 Å². The van der Waals surface area contributed by atoms with Gasteiger partial charge in [0.1, 0.15) is 29.3 Å². The molecule has 2 N–H and O–H groups in total. The summed E-state index contributed by atoms with van der Waals surface area (Å²) in [5.74, 6) is -1.02. The van der Waals surface area contributed by atoms with Crippen LogP contribution in [0, 0.1) is 5.92 Å². The summed E-state index contributed by atoms with van der Waals surface area (Å²) in [6.45, 7) is 5.97. The minimum atomic E-state index is -0.976. The number of methoxy groups -OCH3 is 2. The number of carbonyl (C=O) groups excluding carboxylic acids is 4. The van der Waals surface area contributed by atoms with Crippen LogP contribution >= 0.6 is 0 Å². The Kier molecular flexibility index (Phi) is 8.10. The summed E-state index contributed by atoms with van der Waals surface area (Å²) in [6.07, 6.45) is 2.02. The van der Waals surface area contributed by atoms with E-state index in [-0.39, 0.29) is 43.1 Å². The summed E-state index contributed by atoms with van der Waals surface area (Å²) < 4.78 is 16.5. The Morgan fingerprint density at radius 1 is 1.21 bits per heavy atom. The lowest BCUT2D eigenvalue weighted by Gasteiger charge is -2.26. The standard InChI is InChI=1S/C28H37N3O7/c1-28(2,3)38-17-13-22(25(33)30-21(27(35)37-5)12-16-8-6-10-23(16)32)31(15-17)26(34)20-14-18-19(29-20)9-7-11-24(18)36-4/h7,9,11,14,16-17,21-22,29H,6,8,10,12-13,15H2,1-5H3,(H,30,33)/t16-,17+,21-,22-/m0/s1. The fourth-order valence-electron chi connectivity index (χ4n) is 5.48. The first-order chi connectivity index (χ1) is 18.0. The van der Waals surface area contributed by atoms with E-state index in [4.69, 9.17) is 14.2 Å². The maximum atomic E-state index is 13.7. The molecular weight excluding hydrogens is 490 g/mol. The molecule has 4 atom stereocenters. The number of nitrogens with one attached hydrogen (secondary N) is 2. The van der Waals surface area contributed by atoms with Crippen molar-refractivity contribution in [3.63, 3.8) is 0 Å². The van der Waals surface area contributed by atoms with Gasteiger partial charge in [-0.3, -0.25) is 14.4 Å². The molecule has 1 aromatic carbocycles.